The monoisotopic (exact) mass is 272 g/mol. The third-order valence-electron chi connectivity index (χ3n) is 5.34. The Morgan fingerprint density at radius 2 is 2.10 bits per heavy atom. The molecule has 0 amide bonds. The molecule has 0 aromatic heterocycles. The first kappa shape index (κ1) is 14.1. The first-order chi connectivity index (χ1) is 9.78. The van der Waals surface area contributed by atoms with Gasteiger partial charge in [0.15, 0.2) is 0 Å². The molecule has 0 spiro atoms. The fraction of sp³-hybridized carbons (Fsp3) is 0.667. The summed E-state index contributed by atoms with van der Waals surface area (Å²) in [5, 5.41) is 3.53. The zero-order valence-electron chi connectivity index (χ0n) is 12.9. The fourth-order valence-electron chi connectivity index (χ4n) is 4.21. The van der Waals surface area contributed by atoms with Gasteiger partial charge in [-0.1, -0.05) is 42.7 Å². The van der Waals surface area contributed by atoms with Crippen LogP contribution in [-0.2, 0) is 0 Å². The molecular weight excluding hydrogens is 244 g/mol. The van der Waals surface area contributed by atoms with Crippen LogP contribution in [0.4, 0.5) is 0 Å². The van der Waals surface area contributed by atoms with E-state index in [1.165, 1.54) is 56.3 Å². The van der Waals surface area contributed by atoms with E-state index in [-0.39, 0.29) is 0 Å². The summed E-state index contributed by atoms with van der Waals surface area (Å²) in [6, 6.07) is 10.3. The third kappa shape index (κ3) is 2.91. The van der Waals surface area contributed by atoms with Crippen LogP contribution in [0, 0.1) is 12.8 Å². The largest absolute Gasteiger partial charge is 0.312 e. The summed E-state index contributed by atoms with van der Waals surface area (Å²) in [4.78, 5) is 2.76. The van der Waals surface area contributed by atoms with Crippen molar-refractivity contribution in [2.24, 2.45) is 5.92 Å². The van der Waals surface area contributed by atoms with Crippen LogP contribution in [0.1, 0.15) is 49.3 Å². The predicted octanol–water partition coefficient (Wildman–Crippen LogP) is 3.52. The molecule has 0 radical (unpaired) electrons. The van der Waals surface area contributed by atoms with E-state index in [0.717, 1.165) is 12.0 Å². The van der Waals surface area contributed by atoms with E-state index < -0.39 is 0 Å². The molecule has 1 aliphatic heterocycles. The minimum absolute atomic E-state index is 0.468. The molecule has 1 N–H and O–H groups in total. The van der Waals surface area contributed by atoms with E-state index in [4.69, 9.17) is 0 Å². The number of nitrogens with one attached hydrogen (secondary N) is 1. The fourth-order valence-corrected chi connectivity index (χ4v) is 4.21. The number of benzene rings is 1. The van der Waals surface area contributed by atoms with Crippen LogP contribution in [0.15, 0.2) is 24.3 Å². The lowest BCUT2D eigenvalue weighted by Gasteiger charge is -2.34. The smallest absolute Gasteiger partial charge is 0.0447 e. The van der Waals surface area contributed by atoms with E-state index in [0.29, 0.717) is 6.04 Å². The van der Waals surface area contributed by atoms with Crippen molar-refractivity contribution in [2.45, 2.75) is 51.1 Å². The first-order valence-electron chi connectivity index (χ1n) is 8.26. The summed E-state index contributed by atoms with van der Waals surface area (Å²) in [6.07, 6.45) is 7.22. The maximum Gasteiger partial charge on any atom is 0.0447 e. The normalized spacial score (nSPS) is 28.3. The molecule has 2 heteroatoms. The Hall–Kier alpha value is -0.860. The summed E-state index contributed by atoms with van der Waals surface area (Å²) in [6.45, 7) is 4.66. The SMILES string of the molecule is CNC(CN1CCC2CCCCC21)c1cccc(C)c1. The van der Waals surface area contributed by atoms with E-state index in [9.17, 15) is 0 Å². The molecule has 110 valence electrons. The second-order valence-electron chi connectivity index (χ2n) is 6.65. The van der Waals surface area contributed by atoms with Crippen LogP contribution in [-0.4, -0.2) is 31.1 Å². The van der Waals surface area contributed by atoms with Crippen molar-refractivity contribution in [3.8, 4) is 0 Å². The van der Waals surface area contributed by atoms with Crippen LogP contribution in [0.5, 0.6) is 0 Å². The maximum absolute atomic E-state index is 3.53. The highest BCUT2D eigenvalue weighted by molar-refractivity contribution is 5.25. The molecule has 1 aliphatic carbocycles. The molecule has 1 saturated carbocycles. The van der Waals surface area contributed by atoms with Gasteiger partial charge in [-0.2, -0.15) is 0 Å². The highest BCUT2D eigenvalue weighted by Gasteiger charge is 2.36. The van der Waals surface area contributed by atoms with E-state index in [1.807, 2.05) is 0 Å². The van der Waals surface area contributed by atoms with Gasteiger partial charge in [0, 0.05) is 18.6 Å². The lowest BCUT2D eigenvalue weighted by Crippen LogP contribution is -2.40. The Bertz CT molecular complexity index is 443. The Morgan fingerprint density at radius 1 is 1.25 bits per heavy atom. The molecule has 2 nitrogen and oxygen atoms in total. The summed E-state index contributed by atoms with van der Waals surface area (Å²) in [5.41, 5.74) is 2.80. The molecule has 1 aromatic carbocycles. The van der Waals surface area contributed by atoms with Crippen molar-refractivity contribution < 1.29 is 0 Å². The highest BCUT2D eigenvalue weighted by atomic mass is 15.2. The van der Waals surface area contributed by atoms with E-state index in [2.05, 4.69) is 48.5 Å². The maximum atomic E-state index is 3.53. The van der Waals surface area contributed by atoms with Crippen LogP contribution >= 0.6 is 0 Å². The Kier molecular flexibility index (Phi) is 4.42. The van der Waals surface area contributed by atoms with Gasteiger partial charge in [-0.25, -0.2) is 0 Å². The van der Waals surface area contributed by atoms with Crippen molar-refractivity contribution in [3.05, 3.63) is 35.4 Å². The Morgan fingerprint density at radius 3 is 2.90 bits per heavy atom. The molecular formula is C18H28N2. The van der Waals surface area contributed by atoms with Gasteiger partial charge >= 0.3 is 0 Å². The lowest BCUT2D eigenvalue weighted by molar-refractivity contribution is 0.169. The molecule has 20 heavy (non-hydrogen) atoms. The van der Waals surface area contributed by atoms with Gasteiger partial charge in [0.25, 0.3) is 0 Å². The summed E-state index contributed by atoms with van der Waals surface area (Å²) in [5.74, 6) is 0.985. The summed E-state index contributed by atoms with van der Waals surface area (Å²) in [7, 11) is 2.10. The minimum Gasteiger partial charge on any atom is -0.312 e. The third-order valence-corrected chi connectivity index (χ3v) is 5.34. The first-order valence-corrected chi connectivity index (χ1v) is 8.26. The summed E-state index contributed by atoms with van der Waals surface area (Å²) < 4.78 is 0. The Balaban J connectivity index is 1.69. The summed E-state index contributed by atoms with van der Waals surface area (Å²) >= 11 is 0. The van der Waals surface area contributed by atoms with Crippen LogP contribution in [0.3, 0.4) is 0 Å². The molecule has 2 fully saturated rings. The Labute approximate surface area is 123 Å². The number of fused-ring (bicyclic) bond motifs is 1. The molecule has 3 rings (SSSR count). The number of likely N-dealkylation sites (tertiary alicyclic amines) is 1. The predicted molar refractivity (Wildman–Crippen MR) is 84.9 cm³/mol. The van der Waals surface area contributed by atoms with Crippen molar-refractivity contribution in [1.29, 1.82) is 0 Å². The van der Waals surface area contributed by atoms with Gasteiger partial charge in [-0.3, -0.25) is 4.90 Å². The molecule has 2 aliphatic rings. The quantitative estimate of drug-likeness (QED) is 0.902. The average Bonchev–Trinajstić information content (AvgIpc) is 2.88. The molecule has 1 heterocycles. The van der Waals surface area contributed by atoms with Crippen molar-refractivity contribution >= 4 is 0 Å². The molecule has 1 aromatic rings. The topological polar surface area (TPSA) is 15.3 Å². The molecule has 3 atom stereocenters. The lowest BCUT2D eigenvalue weighted by atomic mass is 9.85. The number of rotatable bonds is 4. The highest BCUT2D eigenvalue weighted by Crippen LogP contribution is 2.36. The van der Waals surface area contributed by atoms with Gasteiger partial charge < -0.3 is 5.32 Å². The van der Waals surface area contributed by atoms with Gasteiger partial charge in [0.2, 0.25) is 0 Å². The zero-order chi connectivity index (χ0) is 13.9. The standard InChI is InChI=1S/C18H28N2/c1-14-6-5-8-16(12-14)17(19-2)13-20-11-10-15-7-3-4-9-18(15)20/h5-6,8,12,15,17-19H,3-4,7,9-11,13H2,1-2H3. The van der Waals surface area contributed by atoms with Crippen LogP contribution < -0.4 is 5.32 Å². The number of nitrogens with zero attached hydrogens (tertiary/aromatic N) is 1. The van der Waals surface area contributed by atoms with Crippen molar-refractivity contribution in [3.63, 3.8) is 0 Å². The van der Waals surface area contributed by atoms with E-state index in [1.54, 1.807) is 0 Å². The van der Waals surface area contributed by atoms with Crippen molar-refractivity contribution in [1.82, 2.24) is 10.2 Å². The molecule has 1 saturated heterocycles. The van der Waals surface area contributed by atoms with Crippen LogP contribution in [0.25, 0.3) is 0 Å². The molecule has 3 unspecified atom stereocenters. The van der Waals surface area contributed by atoms with Gasteiger partial charge in [-0.15, -0.1) is 0 Å². The van der Waals surface area contributed by atoms with Crippen LogP contribution in [0.2, 0.25) is 0 Å². The molecule has 0 bridgehead atoms. The number of hydrogen-bond acceptors (Lipinski definition) is 2. The number of hydrogen-bond donors (Lipinski definition) is 1. The second-order valence-corrected chi connectivity index (χ2v) is 6.65. The van der Waals surface area contributed by atoms with E-state index >= 15 is 0 Å². The van der Waals surface area contributed by atoms with Gasteiger partial charge in [-0.05, 0) is 51.3 Å². The van der Waals surface area contributed by atoms with Crippen molar-refractivity contribution in [2.75, 3.05) is 20.1 Å². The van der Waals surface area contributed by atoms with Gasteiger partial charge in [0.1, 0.15) is 0 Å². The number of likely N-dealkylation sites (N-methyl/N-ethyl adjacent to an activating group) is 1. The zero-order valence-corrected chi connectivity index (χ0v) is 12.9. The van der Waals surface area contributed by atoms with Gasteiger partial charge in [0.05, 0.1) is 0 Å². The average molecular weight is 272 g/mol. The minimum atomic E-state index is 0.468. The second kappa shape index (κ2) is 6.28. The number of aryl methyl sites for hydroxylation is 1.